The molecule has 1 amide bonds. The number of carbonyl (C=O) groups excluding carboxylic acids is 1. The van der Waals surface area contributed by atoms with E-state index in [9.17, 15) is 4.79 Å². The zero-order chi connectivity index (χ0) is 19.4. The minimum absolute atomic E-state index is 0. The molecule has 9 heteroatoms. The van der Waals surface area contributed by atoms with Crippen molar-refractivity contribution in [2.24, 2.45) is 17.5 Å². The maximum Gasteiger partial charge on any atom is 0.230 e. The third-order valence-electron chi connectivity index (χ3n) is 5.68. The number of rotatable bonds is 4. The van der Waals surface area contributed by atoms with Gasteiger partial charge in [0.2, 0.25) is 5.91 Å². The average Bonchev–Trinajstić information content (AvgIpc) is 3.32. The number of hydrogen-bond donors (Lipinski definition) is 1. The lowest BCUT2D eigenvalue weighted by Crippen LogP contribution is -2.52. The van der Waals surface area contributed by atoms with Gasteiger partial charge in [-0.2, -0.15) is 5.10 Å². The van der Waals surface area contributed by atoms with Gasteiger partial charge in [-0.15, -0.1) is 24.0 Å². The van der Waals surface area contributed by atoms with Crippen molar-refractivity contribution < 1.29 is 9.53 Å². The second-order valence-electron chi connectivity index (χ2n) is 7.84. The molecule has 2 aliphatic rings. The summed E-state index contributed by atoms with van der Waals surface area (Å²) in [4.78, 5) is 21.2. The predicted octanol–water partition coefficient (Wildman–Crippen LogP) is 1.64. The molecule has 3 rings (SSSR count). The number of morpholine rings is 1. The molecular weight excluding hydrogens is 471 g/mol. The molecule has 1 aromatic rings. The summed E-state index contributed by atoms with van der Waals surface area (Å²) in [5, 5.41) is 7.73. The molecule has 1 unspecified atom stereocenters. The quantitative estimate of drug-likeness (QED) is 0.384. The maximum absolute atomic E-state index is 12.8. The third kappa shape index (κ3) is 4.97. The van der Waals surface area contributed by atoms with Crippen molar-refractivity contribution in [2.45, 2.75) is 31.8 Å². The van der Waals surface area contributed by atoms with Crippen LogP contribution in [-0.4, -0.2) is 78.8 Å². The fourth-order valence-electron chi connectivity index (χ4n) is 4.22. The normalized spacial score (nSPS) is 21.9. The van der Waals surface area contributed by atoms with Crippen LogP contribution in [0, 0.1) is 5.41 Å². The molecule has 8 nitrogen and oxygen atoms in total. The second kappa shape index (κ2) is 9.91. The molecule has 1 saturated heterocycles. The first kappa shape index (κ1) is 22.9. The predicted molar refractivity (Wildman–Crippen MR) is 120 cm³/mol. The number of aryl methyl sites for hydroxylation is 1. The van der Waals surface area contributed by atoms with Crippen molar-refractivity contribution in [3.63, 3.8) is 0 Å². The number of amides is 1. The molecule has 158 valence electrons. The van der Waals surface area contributed by atoms with Gasteiger partial charge in [0.05, 0.1) is 24.8 Å². The standard InChI is InChI=1S/C19H32N6O2.HI/c1-20-18(21-14-19(7-5-6-8-19)17(26)23(2)3)25-9-10-27-16(13-25)15-11-22-24(4)12-15;/h11-12,16H,5-10,13-14H2,1-4H3,(H,20,21);1H. The summed E-state index contributed by atoms with van der Waals surface area (Å²) in [6, 6.07) is 0. The van der Waals surface area contributed by atoms with Gasteiger partial charge in [0, 0.05) is 53.0 Å². The van der Waals surface area contributed by atoms with Crippen LogP contribution in [0.4, 0.5) is 0 Å². The molecule has 1 aliphatic carbocycles. The number of aliphatic imine (C=N–C) groups is 1. The van der Waals surface area contributed by atoms with Gasteiger partial charge in [-0.1, -0.05) is 12.8 Å². The van der Waals surface area contributed by atoms with Crippen molar-refractivity contribution in [3.8, 4) is 0 Å². The van der Waals surface area contributed by atoms with Gasteiger partial charge >= 0.3 is 0 Å². The number of hydrogen-bond acceptors (Lipinski definition) is 4. The van der Waals surface area contributed by atoms with Crippen LogP contribution in [0.15, 0.2) is 17.4 Å². The molecule has 1 atom stereocenters. The first-order chi connectivity index (χ1) is 12.9. The Labute approximate surface area is 184 Å². The Balaban J connectivity index is 0.00000280. The van der Waals surface area contributed by atoms with E-state index in [2.05, 4.69) is 20.3 Å². The highest BCUT2D eigenvalue weighted by molar-refractivity contribution is 14.0. The highest BCUT2D eigenvalue weighted by Crippen LogP contribution is 2.39. The Morgan fingerprint density at radius 2 is 2.14 bits per heavy atom. The summed E-state index contributed by atoms with van der Waals surface area (Å²) in [7, 11) is 7.40. The number of guanidine groups is 1. The molecule has 1 aliphatic heterocycles. The summed E-state index contributed by atoms with van der Waals surface area (Å²) in [5.41, 5.74) is 0.766. The summed E-state index contributed by atoms with van der Waals surface area (Å²) in [5.74, 6) is 1.06. The van der Waals surface area contributed by atoms with Crippen LogP contribution in [-0.2, 0) is 16.6 Å². The molecule has 0 aromatic carbocycles. The fourth-order valence-corrected chi connectivity index (χ4v) is 4.22. The molecule has 2 fully saturated rings. The number of carbonyl (C=O) groups is 1. The van der Waals surface area contributed by atoms with E-state index in [4.69, 9.17) is 4.74 Å². The average molecular weight is 504 g/mol. The second-order valence-corrected chi connectivity index (χ2v) is 7.84. The zero-order valence-corrected chi connectivity index (χ0v) is 19.7. The minimum Gasteiger partial charge on any atom is -0.370 e. The molecule has 0 radical (unpaired) electrons. The molecule has 1 saturated carbocycles. The van der Waals surface area contributed by atoms with E-state index < -0.39 is 0 Å². The highest BCUT2D eigenvalue weighted by Gasteiger charge is 2.42. The van der Waals surface area contributed by atoms with E-state index in [1.165, 1.54) is 0 Å². The van der Waals surface area contributed by atoms with Crippen molar-refractivity contribution >= 4 is 35.8 Å². The lowest BCUT2D eigenvalue weighted by Gasteiger charge is -2.37. The van der Waals surface area contributed by atoms with Crippen molar-refractivity contribution in [1.29, 1.82) is 0 Å². The molecule has 2 heterocycles. The number of halogens is 1. The number of nitrogens with one attached hydrogen (secondary N) is 1. The summed E-state index contributed by atoms with van der Waals surface area (Å²) >= 11 is 0. The maximum atomic E-state index is 12.8. The Bertz CT molecular complexity index is 684. The van der Waals surface area contributed by atoms with E-state index in [0.29, 0.717) is 13.2 Å². The Morgan fingerprint density at radius 3 is 2.71 bits per heavy atom. The van der Waals surface area contributed by atoms with Crippen LogP contribution in [0.25, 0.3) is 0 Å². The van der Waals surface area contributed by atoms with E-state index in [1.54, 1.807) is 16.6 Å². The van der Waals surface area contributed by atoms with Crippen LogP contribution < -0.4 is 5.32 Å². The molecule has 28 heavy (non-hydrogen) atoms. The number of nitrogens with zero attached hydrogens (tertiary/aromatic N) is 5. The molecule has 1 N–H and O–H groups in total. The summed E-state index contributed by atoms with van der Waals surface area (Å²) in [6.45, 7) is 2.78. The van der Waals surface area contributed by atoms with Gasteiger partial charge in [0.15, 0.2) is 5.96 Å². The Hall–Kier alpha value is -1.36. The number of aromatic nitrogens is 2. The van der Waals surface area contributed by atoms with Crippen LogP contribution in [0.3, 0.4) is 0 Å². The van der Waals surface area contributed by atoms with E-state index >= 15 is 0 Å². The van der Waals surface area contributed by atoms with Crippen molar-refractivity contribution in [3.05, 3.63) is 18.0 Å². The molecule has 0 bridgehead atoms. The minimum atomic E-state index is -0.311. The van der Waals surface area contributed by atoms with E-state index in [1.807, 2.05) is 33.5 Å². The van der Waals surface area contributed by atoms with Gasteiger partial charge in [-0.25, -0.2) is 0 Å². The van der Waals surface area contributed by atoms with Crippen LogP contribution >= 0.6 is 24.0 Å². The van der Waals surface area contributed by atoms with Gasteiger partial charge in [-0.3, -0.25) is 14.5 Å². The zero-order valence-electron chi connectivity index (χ0n) is 17.3. The van der Waals surface area contributed by atoms with Gasteiger partial charge in [0.1, 0.15) is 6.10 Å². The van der Waals surface area contributed by atoms with Crippen molar-refractivity contribution in [2.75, 3.05) is 47.4 Å². The SMILES string of the molecule is CN=C(NCC1(C(=O)N(C)C)CCCC1)N1CCOC(c2cnn(C)c2)C1.I. The van der Waals surface area contributed by atoms with Crippen LogP contribution in [0.2, 0.25) is 0 Å². The molecule has 0 spiro atoms. The largest absolute Gasteiger partial charge is 0.370 e. The van der Waals surface area contributed by atoms with E-state index in [-0.39, 0.29) is 41.4 Å². The monoisotopic (exact) mass is 504 g/mol. The van der Waals surface area contributed by atoms with Crippen molar-refractivity contribution in [1.82, 2.24) is 24.9 Å². The summed E-state index contributed by atoms with van der Waals surface area (Å²) < 4.78 is 7.72. The van der Waals surface area contributed by atoms with Crippen LogP contribution in [0.1, 0.15) is 37.4 Å². The first-order valence-corrected chi connectivity index (χ1v) is 9.73. The lowest BCUT2D eigenvalue weighted by molar-refractivity contribution is -0.138. The first-order valence-electron chi connectivity index (χ1n) is 9.73. The Morgan fingerprint density at radius 1 is 1.43 bits per heavy atom. The van der Waals surface area contributed by atoms with Gasteiger partial charge in [-0.05, 0) is 12.8 Å². The third-order valence-corrected chi connectivity index (χ3v) is 5.68. The fraction of sp³-hybridized carbons (Fsp3) is 0.737. The smallest absolute Gasteiger partial charge is 0.230 e. The lowest BCUT2D eigenvalue weighted by atomic mass is 9.84. The van der Waals surface area contributed by atoms with Gasteiger partial charge < -0.3 is 19.9 Å². The highest BCUT2D eigenvalue weighted by atomic mass is 127. The van der Waals surface area contributed by atoms with Crippen LogP contribution in [0.5, 0.6) is 0 Å². The van der Waals surface area contributed by atoms with E-state index in [0.717, 1.165) is 50.3 Å². The van der Waals surface area contributed by atoms with Gasteiger partial charge in [0.25, 0.3) is 0 Å². The Kier molecular flexibility index (Phi) is 8.11. The molecule has 1 aromatic heterocycles. The summed E-state index contributed by atoms with van der Waals surface area (Å²) in [6.07, 6.45) is 7.93. The molecular formula is C19H33IN6O2. The number of ether oxygens (including phenoxy) is 1. The topological polar surface area (TPSA) is 75.0 Å².